The first-order valence-corrected chi connectivity index (χ1v) is 11.3. The molecular formula is C24H30FN5O3. The number of benzene rings is 1. The number of pyridine rings is 1. The molecule has 2 aliphatic rings. The summed E-state index contributed by atoms with van der Waals surface area (Å²) in [5.41, 5.74) is 10.2. The molecule has 3 heterocycles. The Hall–Kier alpha value is -3.20. The van der Waals surface area contributed by atoms with E-state index in [9.17, 15) is 14.0 Å². The van der Waals surface area contributed by atoms with Crippen molar-refractivity contribution in [1.29, 1.82) is 0 Å². The average molecular weight is 456 g/mol. The average Bonchev–Trinajstić information content (AvgIpc) is 2.80. The van der Waals surface area contributed by atoms with Crippen molar-refractivity contribution in [3.8, 4) is 11.1 Å². The lowest BCUT2D eigenvalue weighted by atomic mass is 10.00. The van der Waals surface area contributed by atoms with Crippen LogP contribution in [0.4, 0.5) is 20.6 Å². The number of anilines is 2. The zero-order chi connectivity index (χ0) is 23.4. The number of methoxy groups -OCH3 is 1. The first-order valence-electron chi connectivity index (χ1n) is 11.3. The summed E-state index contributed by atoms with van der Waals surface area (Å²) in [6.45, 7) is 0.271. The largest absolute Gasteiger partial charge is 0.453 e. The molecule has 2 atom stereocenters. The first-order chi connectivity index (χ1) is 15.9. The number of rotatable bonds is 2. The highest BCUT2D eigenvalue weighted by Crippen LogP contribution is 2.34. The lowest BCUT2D eigenvalue weighted by Crippen LogP contribution is -2.56. The molecule has 1 aromatic carbocycles. The number of nitrogens with two attached hydrogens (primary N) is 1. The summed E-state index contributed by atoms with van der Waals surface area (Å²) in [6, 6.07) is 8.62. The number of alkyl halides is 1. The number of fused-ring (bicyclic) bond motifs is 4. The van der Waals surface area contributed by atoms with Crippen LogP contribution in [0.2, 0.25) is 0 Å². The molecule has 2 aromatic rings. The number of nitrogens with one attached hydrogen (secondary N) is 2. The van der Waals surface area contributed by atoms with Crippen molar-refractivity contribution < 1.29 is 18.7 Å². The molecule has 2 amide bonds. The van der Waals surface area contributed by atoms with Crippen molar-refractivity contribution >= 4 is 23.4 Å². The van der Waals surface area contributed by atoms with E-state index in [2.05, 4.69) is 15.6 Å². The molecule has 2 bridgehead atoms. The van der Waals surface area contributed by atoms with Crippen molar-refractivity contribution in [2.45, 2.75) is 50.4 Å². The smallest absolute Gasteiger partial charge is 0.411 e. The third kappa shape index (κ3) is 5.42. The van der Waals surface area contributed by atoms with Crippen molar-refractivity contribution in [3.05, 3.63) is 42.2 Å². The first kappa shape index (κ1) is 23.0. The molecule has 0 radical (unpaired) electrons. The van der Waals surface area contributed by atoms with Crippen LogP contribution in [0.3, 0.4) is 0 Å². The quantitative estimate of drug-likeness (QED) is 0.635. The van der Waals surface area contributed by atoms with Gasteiger partial charge in [0.1, 0.15) is 12.2 Å². The van der Waals surface area contributed by atoms with Gasteiger partial charge in [-0.3, -0.25) is 15.1 Å². The predicted octanol–water partition coefficient (Wildman–Crippen LogP) is 3.85. The zero-order valence-corrected chi connectivity index (χ0v) is 18.7. The highest BCUT2D eigenvalue weighted by Gasteiger charge is 2.34. The van der Waals surface area contributed by atoms with E-state index in [0.717, 1.165) is 42.5 Å². The van der Waals surface area contributed by atoms with Crippen LogP contribution in [0.1, 0.15) is 43.8 Å². The summed E-state index contributed by atoms with van der Waals surface area (Å²) < 4.78 is 18.1. The van der Waals surface area contributed by atoms with Crippen molar-refractivity contribution in [3.63, 3.8) is 0 Å². The summed E-state index contributed by atoms with van der Waals surface area (Å²) in [5, 5.41) is 6.06. The molecule has 1 aromatic heterocycles. The van der Waals surface area contributed by atoms with Crippen molar-refractivity contribution in [2.24, 2.45) is 5.73 Å². The molecule has 0 unspecified atom stereocenters. The Balaban J connectivity index is 1.72. The minimum atomic E-state index is -0.955. The van der Waals surface area contributed by atoms with Crippen LogP contribution >= 0.6 is 0 Å². The Kier molecular flexibility index (Phi) is 7.08. The summed E-state index contributed by atoms with van der Waals surface area (Å²) in [6.07, 6.45) is 4.33. The van der Waals surface area contributed by atoms with Crippen LogP contribution in [0.5, 0.6) is 0 Å². The molecule has 0 aliphatic carbocycles. The number of halogens is 1. The monoisotopic (exact) mass is 455 g/mol. The molecule has 1 saturated heterocycles. The SMILES string of the molecule is COC(=O)Nc1ccc2c(c1)N[C@@H](C(=O)N1CC(F)C1)CCCCC[C@H](N)c1cc-2ccn1. The lowest BCUT2D eigenvalue weighted by Gasteiger charge is -2.37. The van der Waals surface area contributed by atoms with Crippen LogP contribution in [-0.2, 0) is 9.53 Å². The lowest BCUT2D eigenvalue weighted by molar-refractivity contribution is -0.139. The molecule has 2 aliphatic heterocycles. The third-order valence-electron chi connectivity index (χ3n) is 6.21. The van der Waals surface area contributed by atoms with Gasteiger partial charge in [0, 0.05) is 29.2 Å². The number of amides is 2. The number of hydrogen-bond donors (Lipinski definition) is 3. The van der Waals surface area contributed by atoms with E-state index in [1.807, 2.05) is 18.2 Å². The molecule has 1 fully saturated rings. The summed E-state index contributed by atoms with van der Waals surface area (Å²) in [5.74, 6) is -0.108. The Morgan fingerprint density at radius 3 is 2.73 bits per heavy atom. The van der Waals surface area contributed by atoms with Gasteiger partial charge >= 0.3 is 6.09 Å². The number of nitrogens with zero attached hydrogens (tertiary/aromatic N) is 2. The van der Waals surface area contributed by atoms with E-state index in [4.69, 9.17) is 10.5 Å². The van der Waals surface area contributed by atoms with Crippen LogP contribution in [-0.4, -0.2) is 54.3 Å². The number of carbonyl (C=O) groups is 2. The van der Waals surface area contributed by atoms with Crippen LogP contribution in [0.15, 0.2) is 36.5 Å². The maximum Gasteiger partial charge on any atom is 0.411 e. The summed E-state index contributed by atoms with van der Waals surface area (Å²) in [7, 11) is 1.30. The molecule has 8 nitrogen and oxygen atoms in total. The summed E-state index contributed by atoms with van der Waals surface area (Å²) in [4.78, 5) is 30.9. The molecule has 9 heteroatoms. The van der Waals surface area contributed by atoms with Gasteiger partial charge in [-0.1, -0.05) is 25.3 Å². The van der Waals surface area contributed by atoms with Gasteiger partial charge in [-0.2, -0.15) is 0 Å². The Bertz CT molecular complexity index is 1010. The molecular weight excluding hydrogens is 425 g/mol. The minimum absolute atomic E-state index is 0.108. The number of likely N-dealkylation sites (tertiary alicyclic amines) is 1. The van der Waals surface area contributed by atoms with Gasteiger partial charge in [0.05, 0.1) is 25.9 Å². The van der Waals surface area contributed by atoms with Crippen molar-refractivity contribution in [1.82, 2.24) is 9.88 Å². The Labute approximate surface area is 192 Å². The van der Waals surface area contributed by atoms with E-state index in [0.29, 0.717) is 17.8 Å². The molecule has 0 spiro atoms. The second-order valence-electron chi connectivity index (χ2n) is 8.63. The van der Waals surface area contributed by atoms with Gasteiger partial charge < -0.3 is 20.7 Å². The molecule has 176 valence electrons. The van der Waals surface area contributed by atoms with Crippen LogP contribution < -0.4 is 16.4 Å². The molecule has 4 N–H and O–H groups in total. The number of ether oxygens (including phenoxy) is 1. The van der Waals surface area contributed by atoms with Crippen molar-refractivity contribution in [2.75, 3.05) is 30.8 Å². The van der Waals surface area contributed by atoms with E-state index in [-0.39, 0.29) is 25.0 Å². The second kappa shape index (κ2) is 10.2. The van der Waals surface area contributed by atoms with Crippen LogP contribution in [0, 0.1) is 0 Å². The summed E-state index contributed by atoms with van der Waals surface area (Å²) >= 11 is 0. The van der Waals surface area contributed by atoms with Gasteiger partial charge in [0.25, 0.3) is 0 Å². The Morgan fingerprint density at radius 1 is 1.18 bits per heavy atom. The van der Waals surface area contributed by atoms with Gasteiger partial charge in [-0.15, -0.1) is 0 Å². The molecule has 33 heavy (non-hydrogen) atoms. The maximum absolute atomic E-state index is 13.4. The van der Waals surface area contributed by atoms with Gasteiger partial charge in [0.2, 0.25) is 5.91 Å². The highest BCUT2D eigenvalue weighted by atomic mass is 19.1. The van der Waals surface area contributed by atoms with E-state index in [1.165, 1.54) is 7.11 Å². The van der Waals surface area contributed by atoms with Gasteiger partial charge in [0.15, 0.2) is 0 Å². The topological polar surface area (TPSA) is 110 Å². The predicted molar refractivity (Wildman–Crippen MR) is 125 cm³/mol. The van der Waals surface area contributed by atoms with E-state index >= 15 is 0 Å². The Morgan fingerprint density at radius 2 is 1.97 bits per heavy atom. The van der Waals surface area contributed by atoms with Crippen LogP contribution in [0.25, 0.3) is 11.1 Å². The normalized spacial score (nSPS) is 21.2. The second-order valence-corrected chi connectivity index (χ2v) is 8.63. The van der Waals surface area contributed by atoms with Gasteiger partial charge in [-0.05, 0) is 42.7 Å². The number of aromatic nitrogens is 1. The standard InChI is InChI=1S/C24H30FN5O3/c1-33-24(32)28-17-7-8-18-15-9-10-27-22(11-15)19(26)5-3-2-4-6-20(29-21(18)12-17)23(31)30-13-16(25)14-30/h7-12,16,19-20,29H,2-6,13-14,26H2,1H3,(H,28,32)/t19-,20+/m0/s1. The number of hydrogen-bond acceptors (Lipinski definition) is 6. The van der Waals surface area contributed by atoms with Gasteiger partial charge in [-0.25, -0.2) is 9.18 Å². The zero-order valence-electron chi connectivity index (χ0n) is 18.7. The number of carbonyl (C=O) groups excluding carboxylic acids is 2. The molecule has 0 saturated carbocycles. The fourth-order valence-corrected chi connectivity index (χ4v) is 4.29. The third-order valence-corrected chi connectivity index (χ3v) is 6.21. The minimum Gasteiger partial charge on any atom is -0.453 e. The van der Waals surface area contributed by atoms with E-state index < -0.39 is 18.3 Å². The molecule has 4 rings (SSSR count). The fraction of sp³-hybridized carbons (Fsp3) is 0.458. The van der Waals surface area contributed by atoms with E-state index in [1.54, 1.807) is 23.2 Å². The highest BCUT2D eigenvalue weighted by molar-refractivity contribution is 5.91. The maximum atomic E-state index is 13.4. The fourth-order valence-electron chi connectivity index (χ4n) is 4.29.